The zero-order valence-corrected chi connectivity index (χ0v) is 25.1. The van der Waals surface area contributed by atoms with Crippen molar-refractivity contribution in [1.29, 1.82) is 0 Å². The Morgan fingerprint density at radius 1 is 1.18 bits per heavy atom. The van der Waals surface area contributed by atoms with Crippen LogP contribution in [0.2, 0.25) is 0 Å². The third kappa shape index (κ3) is 7.24. The highest BCUT2D eigenvalue weighted by Crippen LogP contribution is 2.41. The summed E-state index contributed by atoms with van der Waals surface area (Å²) < 4.78 is 15.2. The number of nitrogens with two attached hydrogens (primary N) is 2. The van der Waals surface area contributed by atoms with Gasteiger partial charge >= 0.3 is 17.9 Å². The quantitative estimate of drug-likeness (QED) is 0.0733. The molecule has 1 fully saturated rings. The van der Waals surface area contributed by atoms with E-state index in [0.29, 0.717) is 17.7 Å². The van der Waals surface area contributed by atoms with E-state index in [1.807, 2.05) is 13.0 Å². The maximum Gasteiger partial charge on any atom is 0.358 e. The SMILES string of the molecule is CC/C=C/C1=C(C(=O)OCOC(=O)c2ccc(OC(=O)CN)cc2)N2C(=O)[C@@H](NC(=O)/C(=N\OC)c3csc(N)n3)[C@H]2SC1. The monoisotopic (exact) mass is 644 g/mol. The van der Waals surface area contributed by atoms with E-state index in [1.54, 1.807) is 6.08 Å². The Bertz CT molecular complexity index is 1540. The number of oxime groups is 1. The highest BCUT2D eigenvalue weighted by molar-refractivity contribution is 8.00. The summed E-state index contributed by atoms with van der Waals surface area (Å²) in [5, 5.41) is 7.50. The molecule has 0 radical (unpaired) electrons. The van der Waals surface area contributed by atoms with Crippen molar-refractivity contribution in [2.24, 2.45) is 10.9 Å². The number of benzene rings is 1. The van der Waals surface area contributed by atoms with Gasteiger partial charge in [-0.1, -0.05) is 24.2 Å². The van der Waals surface area contributed by atoms with Crippen LogP contribution >= 0.6 is 23.1 Å². The highest BCUT2D eigenvalue weighted by Gasteiger charge is 2.54. The molecule has 0 unspecified atom stereocenters. The van der Waals surface area contributed by atoms with Crippen LogP contribution in [0.15, 0.2) is 58.2 Å². The van der Waals surface area contributed by atoms with Crippen LogP contribution < -0.4 is 21.5 Å². The minimum atomic E-state index is -0.977. The van der Waals surface area contributed by atoms with E-state index in [1.165, 1.54) is 53.4 Å². The van der Waals surface area contributed by atoms with E-state index < -0.39 is 47.9 Å². The van der Waals surface area contributed by atoms with Crippen molar-refractivity contribution in [3.63, 3.8) is 0 Å². The number of carbonyl (C=O) groups is 5. The summed E-state index contributed by atoms with van der Waals surface area (Å²) in [6.07, 6.45) is 4.23. The Hall–Kier alpha value is -4.74. The number of allylic oxidation sites excluding steroid dienone is 2. The number of hydrogen-bond acceptors (Lipinski definition) is 15. The molecular formula is C27H28N6O9S2. The van der Waals surface area contributed by atoms with Crippen LogP contribution in [0.5, 0.6) is 5.75 Å². The van der Waals surface area contributed by atoms with Gasteiger partial charge in [0.25, 0.3) is 11.8 Å². The van der Waals surface area contributed by atoms with E-state index in [9.17, 15) is 24.0 Å². The highest BCUT2D eigenvalue weighted by atomic mass is 32.2. The number of carbonyl (C=O) groups excluding carboxylic acids is 5. The van der Waals surface area contributed by atoms with Gasteiger partial charge in [0, 0.05) is 11.1 Å². The predicted octanol–water partition coefficient (Wildman–Crippen LogP) is 0.918. The van der Waals surface area contributed by atoms with E-state index in [-0.39, 0.29) is 40.1 Å². The lowest BCUT2D eigenvalue weighted by molar-refractivity contribution is -0.157. The van der Waals surface area contributed by atoms with E-state index in [4.69, 9.17) is 30.5 Å². The maximum atomic E-state index is 13.3. The fourth-order valence-electron chi connectivity index (χ4n) is 4.04. The predicted molar refractivity (Wildman–Crippen MR) is 159 cm³/mol. The van der Waals surface area contributed by atoms with Gasteiger partial charge in [0.15, 0.2) is 10.8 Å². The summed E-state index contributed by atoms with van der Waals surface area (Å²) in [5.74, 6) is -3.06. The van der Waals surface area contributed by atoms with Crippen LogP contribution in [0.1, 0.15) is 29.4 Å². The number of nitrogens with one attached hydrogen (secondary N) is 1. The summed E-state index contributed by atoms with van der Waals surface area (Å²) in [6, 6.07) is 4.52. The van der Waals surface area contributed by atoms with E-state index in [0.717, 1.165) is 11.3 Å². The van der Waals surface area contributed by atoms with Gasteiger partial charge in [-0.2, -0.15) is 0 Å². The molecule has 2 amide bonds. The van der Waals surface area contributed by atoms with Crippen molar-refractivity contribution in [1.82, 2.24) is 15.2 Å². The number of anilines is 1. The molecular weight excluding hydrogens is 616 g/mol. The lowest BCUT2D eigenvalue weighted by Crippen LogP contribution is -2.71. The molecule has 15 nitrogen and oxygen atoms in total. The van der Waals surface area contributed by atoms with Crippen molar-refractivity contribution >= 4 is 63.7 Å². The van der Waals surface area contributed by atoms with Crippen molar-refractivity contribution in [3.8, 4) is 5.75 Å². The Balaban J connectivity index is 1.41. The smallest absolute Gasteiger partial charge is 0.358 e. The summed E-state index contributed by atoms with van der Waals surface area (Å²) in [7, 11) is 1.26. The first-order chi connectivity index (χ1) is 21.2. The van der Waals surface area contributed by atoms with Gasteiger partial charge in [0.05, 0.1) is 12.1 Å². The lowest BCUT2D eigenvalue weighted by Gasteiger charge is -2.49. The first-order valence-electron chi connectivity index (χ1n) is 13.0. The molecule has 0 saturated carbocycles. The van der Waals surface area contributed by atoms with Gasteiger partial charge in [-0.05, 0) is 36.3 Å². The third-order valence-electron chi connectivity index (χ3n) is 6.06. The number of fused-ring (bicyclic) bond motifs is 1. The number of ether oxygens (including phenoxy) is 3. The number of β-lactam (4-membered cyclic amide) rings is 1. The summed E-state index contributed by atoms with van der Waals surface area (Å²) in [6.45, 7) is 0.883. The van der Waals surface area contributed by atoms with Crippen LogP contribution in [0.3, 0.4) is 0 Å². The molecule has 1 saturated heterocycles. The molecule has 0 spiro atoms. The Labute approximate surface area is 259 Å². The topological polar surface area (TPSA) is 215 Å². The zero-order valence-electron chi connectivity index (χ0n) is 23.5. The largest absolute Gasteiger partial charge is 0.426 e. The number of esters is 3. The molecule has 1 aromatic carbocycles. The summed E-state index contributed by atoms with van der Waals surface area (Å²) >= 11 is 2.46. The average Bonchev–Trinajstić information content (AvgIpc) is 3.46. The minimum Gasteiger partial charge on any atom is -0.426 e. The fourth-order valence-corrected chi connectivity index (χ4v) is 5.91. The van der Waals surface area contributed by atoms with Gasteiger partial charge in [-0.3, -0.25) is 19.3 Å². The molecule has 2 aliphatic heterocycles. The summed E-state index contributed by atoms with van der Waals surface area (Å²) in [4.78, 5) is 73.3. The van der Waals surface area contributed by atoms with Gasteiger partial charge in [-0.15, -0.1) is 23.1 Å². The van der Waals surface area contributed by atoms with Gasteiger partial charge < -0.3 is 35.8 Å². The molecule has 2 aliphatic rings. The Kier molecular flexibility index (Phi) is 10.7. The number of hydrogen-bond donors (Lipinski definition) is 3. The molecule has 44 heavy (non-hydrogen) atoms. The molecule has 4 rings (SSSR count). The van der Waals surface area contributed by atoms with Crippen molar-refractivity contribution in [2.75, 3.05) is 31.9 Å². The third-order valence-corrected chi connectivity index (χ3v) is 8.04. The average molecular weight is 645 g/mol. The Morgan fingerprint density at radius 3 is 2.55 bits per heavy atom. The maximum absolute atomic E-state index is 13.3. The number of thioether (sulfide) groups is 1. The second-order valence-corrected chi connectivity index (χ2v) is 10.9. The van der Waals surface area contributed by atoms with Crippen LogP contribution in [0.25, 0.3) is 0 Å². The Morgan fingerprint density at radius 2 is 1.91 bits per heavy atom. The van der Waals surface area contributed by atoms with Crippen LogP contribution in [-0.4, -0.2) is 82.9 Å². The number of nitrogens with zero attached hydrogens (tertiary/aromatic N) is 3. The van der Waals surface area contributed by atoms with E-state index in [2.05, 4.69) is 15.5 Å². The second-order valence-electron chi connectivity index (χ2n) is 8.92. The number of amides is 2. The molecule has 2 atom stereocenters. The molecule has 1 aromatic heterocycles. The molecule has 3 heterocycles. The molecule has 5 N–H and O–H groups in total. The summed E-state index contributed by atoms with van der Waals surface area (Å²) in [5.41, 5.74) is 11.5. The minimum absolute atomic E-state index is 0.0193. The lowest BCUT2D eigenvalue weighted by atomic mass is 10.0. The number of nitrogen functional groups attached to an aromatic ring is 1. The number of aromatic nitrogens is 1. The normalized spacial score (nSPS) is 17.9. The zero-order chi connectivity index (χ0) is 31.8. The molecule has 232 valence electrons. The molecule has 0 aliphatic carbocycles. The first kappa shape index (κ1) is 32.2. The van der Waals surface area contributed by atoms with Crippen molar-refractivity contribution in [2.45, 2.75) is 24.8 Å². The van der Waals surface area contributed by atoms with Crippen LogP contribution in [-0.2, 0) is 33.5 Å². The van der Waals surface area contributed by atoms with Gasteiger partial charge in [-0.25, -0.2) is 14.6 Å². The molecule has 0 bridgehead atoms. The standard InChI is InChI=1S/C27H28N6O9S2/c1-3-4-5-15-11-43-24-20(31-22(35)19(32-39-2)17-12-44-27(29)30-17)23(36)33(24)21(15)26(38)41-13-40-25(37)14-6-8-16(9-7-14)42-18(34)10-28/h4-9,12,20,24H,3,10-11,13,28H2,1-2H3,(H2,29,30)(H,31,35)/b5-4+,32-19-/t20-,24-/m1/s1. The van der Waals surface area contributed by atoms with E-state index >= 15 is 0 Å². The first-order valence-corrected chi connectivity index (χ1v) is 14.9. The number of rotatable bonds is 12. The van der Waals surface area contributed by atoms with Crippen molar-refractivity contribution < 1.29 is 43.0 Å². The van der Waals surface area contributed by atoms with Gasteiger partial charge in [0.2, 0.25) is 6.79 Å². The number of thiazole rings is 1. The fraction of sp³-hybridized carbons (Fsp3) is 0.296. The second kappa shape index (κ2) is 14.6. The molecule has 17 heteroatoms. The van der Waals surface area contributed by atoms with Crippen molar-refractivity contribution in [3.05, 3.63) is 64.3 Å². The van der Waals surface area contributed by atoms with Gasteiger partial charge in [0.1, 0.15) is 35.7 Å². The molecule has 2 aromatic rings. The van der Waals surface area contributed by atoms with Crippen LogP contribution in [0.4, 0.5) is 5.13 Å². The van der Waals surface area contributed by atoms with Crippen LogP contribution in [0, 0.1) is 0 Å².